The average molecular weight is 200 g/mol. The van der Waals surface area contributed by atoms with Crippen molar-refractivity contribution in [2.45, 2.75) is 0 Å². The zero-order chi connectivity index (χ0) is 11.0. The molecule has 0 unspecified atom stereocenters. The lowest BCUT2D eigenvalue weighted by atomic mass is 10.1. The Kier molecular flexibility index (Phi) is 2.08. The molecule has 0 fully saturated rings. The molecular formula is C12H12N2O. The molecule has 0 aliphatic carbocycles. The molecule has 2 N–H and O–H groups in total. The summed E-state index contributed by atoms with van der Waals surface area (Å²) in [4.78, 5) is 11.2. The minimum Gasteiger partial charge on any atom is -0.364 e. The van der Waals surface area contributed by atoms with Gasteiger partial charge >= 0.3 is 0 Å². The molecular weight excluding hydrogens is 188 g/mol. The first kappa shape index (κ1) is 9.52. The molecule has 15 heavy (non-hydrogen) atoms. The van der Waals surface area contributed by atoms with Crippen LogP contribution in [-0.2, 0) is 7.05 Å². The molecule has 0 radical (unpaired) electrons. The number of nitrogens with zero attached hydrogens (tertiary/aromatic N) is 1. The number of rotatable bonds is 2. The first-order chi connectivity index (χ1) is 7.15. The number of primary amides is 1. The molecule has 3 nitrogen and oxygen atoms in total. The van der Waals surface area contributed by atoms with Crippen molar-refractivity contribution in [1.29, 1.82) is 0 Å². The highest BCUT2D eigenvalue weighted by Gasteiger charge is 2.11. The quantitative estimate of drug-likeness (QED) is 0.791. The summed E-state index contributed by atoms with van der Waals surface area (Å²) in [6, 6.07) is 7.64. The van der Waals surface area contributed by atoms with Crippen molar-refractivity contribution in [3.05, 3.63) is 42.1 Å². The molecule has 1 aromatic carbocycles. The third-order valence-corrected chi connectivity index (χ3v) is 2.56. The number of hydrogen-bond donors (Lipinski definition) is 1. The third-order valence-electron chi connectivity index (χ3n) is 2.56. The van der Waals surface area contributed by atoms with Crippen LogP contribution < -0.4 is 5.73 Å². The molecule has 0 aliphatic heterocycles. The first-order valence-electron chi connectivity index (χ1n) is 4.66. The van der Waals surface area contributed by atoms with Crippen LogP contribution in [0.5, 0.6) is 0 Å². The van der Waals surface area contributed by atoms with Gasteiger partial charge in [0.15, 0.2) is 0 Å². The summed E-state index contributed by atoms with van der Waals surface area (Å²) in [5.41, 5.74) is 7.79. The highest BCUT2D eigenvalue weighted by molar-refractivity contribution is 5.99. The van der Waals surface area contributed by atoms with Crippen molar-refractivity contribution in [2.75, 3.05) is 0 Å². The minimum atomic E-state index is -0.413. The van der Waals surface area contributed by atoms with Crippen LogP contribution in [0.25, 0.3) is 17.0 Å². The summed E-state index contributed by atoms with van der Waals surface area (Å²) in [7, 11) is 1.83. The monoisotopic (exact) mass is 200 g/mol. The molecule has 2 aromatic rings. The van der Waals surface area contributed by atoms with E-state index in [1.165, 1.54) is 0 Å². The predicted molar refractivity (Wildman–Crippen MR) is 61.5 cm³/mol. The molecule has 0 saturated carbocycles. The molecule has 2 rings (SSSR count). The van der Waals surface area contributed by atoms with Crippen molar-refractivity contribution in [3.8, 4) is 0 Å². The Morgan fingerprint density at radius 3 is 2.87 bits per heavy atom. The van der Waals surface area contributed by atoms with E-state index in [-0.39, 0.29) is 0 Å². The Labute approximate surface area is 87.8 Å². The predicted octanol–water partition coefficient (Wildman–Crippen LogP) is 1.92. The number of aromatic nitrogens is 1. The van der Waals surface area contributed by atoms with E-state index < -0.39 is 5.91 Å². The fourth-order valence-electron chi connectivity index (χ4n) is 1.85. The highest BCUT2D eigenvalue weighted by atomic mass is 16.1. The van der Waals surface area contributed by atoms with E-state index in [1.807, 2.05) is 25.2 Å². The number of para-hydroxylation sites is 1. The third kappa shape index (κ3) is 1.32. The van der Waals surface area contributed by atoms with Gasteiger partial charge in [0.25, 0.3) is 5.91 Å². The van der Waals surface area contributed by atoms with Crippen LogP contribution in [0.1, 0.15) is 16.1 Å². The summed E-state index contributed by atoms with van der Waals surface area (Å²) in [5.74, 6) is -0.413. The van der Waals surface area contributed by atoms with E-state index >= 15 is 0 Å². The summed E-state index contributed by atoms with van der Waals surface area (Å²) in [6.07, 6.45) is 1.77. The largest absolute Gasteiger partial charge is 0.364 e. The number of aryl methyl sites for hydroxylation is 1. The van der Waals surface area contributed by atoms with Crippen LogP contribution in [0.3, 0.4) is 0 Å². The summed E-state index contributed by atoms with van der Waals surface area (Å²) in [5, 5.41) is 1.00. The van der Waals surface area contributed by atoms with Gasteiger partial charge in [-0.3, -0.25) is 4.79 Å². The minimum absolute atomic E-state index is 0.413. The Morgan fingerprint density at radius 1 is 1.53 bits per heavy atom. The second kappa shape index (κ2) is 3.28. The number of nitrogens with two attached hydrogens (primary N) is 1. The number of benzene rings is 1. The van der Waals surface area contributed by atoms with E-state index in [0.717, 1.165) is 16.5 Å². The number of fused-ring (bicyclic) bond motifs is 1. The highest BCUT2D eigenvalue weighted by Crippen LogP contribution is 2.22. The zero-order valence-corrected chi connectivity index (χ0v) is 8.53. The number of hydrogen-bond acceptors (Lipinski definition) is 1. The van der Waals surface area contributed by atoms with Gasteiger partial charge in [-0.2, -0.15) is 0 Å². The van der Waals surface area contributed by atoms with Gasteiger partial charge in [-0.1, -0.05) is 30.9 Å². The van der Waals surface area contributed by atoms with Gasteiger partial charge < -0.3 is 10.3 Å². The normalized spacial score (nSPS) is 10.5. The molecule has 0 spiro atoms. The molecule has 0 bridgehead atoms. The lowest BCUT2D eigenvalue weighted by Crippen LogP contribution is -2.14. The maximum absolute atomic E-state index is 11.2. The van der Waals surface area contributed by atoms with Crippen molar-refractivity contribution < 1.29 is 4.79 Å². The number of amides is 1. The standard InChI is InChI=1S/C12H12N2O/c1-3-8-5-4-6-9-7-10(12(13)15)14(2)11(8)9/h3-7H,1H2,2H3,(H2,13,15). The van der Waals surface area contributed by atoms with Gasteiger partial charge in [0.05, 0.1) is 5.52 Å². The fourth-order valence-corrected chi connectivity index (χ4v) is 1.85. The molecule has 76 valence electrons. The van der Waals surface area contributed by atoms with Crippen molar-refractivity contribution >= 4 is 22.9 Å². The SMILES string of the molecule is C=Cc1cccc2cc(C(N)=O)n(C)c12. The first-order valence-corrected chi connectivity index (χ1v) is 4.66. The van der Waals surface area contributed by atoms with E-state index in [4.69, 9.17) is 5.73 Å². The van der Waals surface area contributed by atoms with Gasteiger partial charge in [0.2, 0.25) is 0 Å². The van der Waals surface area contributed by atoms with E-state index in [9.17, 15) is 4.79 Å². The van der Waals surface area contributed by atoms with Crippen LogP contribution in [0.2, 0.25) is 0 Å². The molecule has 0 atom stereocenters. The smallest absolute Gasteiger partial charge is 0.265 e. The van der Waals surface area contributed by atoms with E-state index in [2.05, 4.69) is 6.58 Å². The van der Waals surface area contributed by atoms with Crippen LogP contribution in [-0.4, -0.2) is 10.5 Å². The maximum atomic E-state index is 11.2. The average Bonchev–Trinajstić information content (AvgIpc) is 2.56. The van der Waals surface area contributed by atoms with Crippen LogP contribution in [0.4, 0.5) is 0 Å². The second-order valence-corrected chi connectivity index (χ2v) is 3.44. The molecule has 0 saturated heterocycles. The second-order valence-electron chi connectivity index (χ2n) is 3.44. The van der Waals surface area contributed by atoms with Crippen LogP contribution >= 0.6 is 0 Å². The van der Waals surface area contributed by atoms with E-state index in [1.54, 1.807) is 16.7 Å². The van der Waals surface area contributed by atoms with Crippen LogP contribution in [0, 0.1) is 0 Å². The fraction of sp³-hybridized carbons (Fsp3) is 0.0833. The Bertz CT molecular complexity index is 552. The summed E-state index contributed by atoms with van der Waals surface area (Å²) >= 11 is 0. The van der Waals surface area contributed by atoms with Gasteiger partial charge in [0, 0.05) is 12.4 Å². The molecule has 1 aromatic heterocycles. The number of carbonyl (C=O) groups excluding carboxylic acids is 1. The molecule has 1 heterocycles. The lowest BCUT2D eigenvalue weighted by molar-refractivity contribution is 0.0993. The number of carbonyl (C=O) groups is 1. The Morgan fingerprint density at radius 2 is 2.27 bits per heavy atom. The van der Waals surface area contributed by atoms with E-state index in [0.29, 0.717) is 5.69 Å². The van der Waals surface area contributed by atoms with Gasteiger partial charge in [-0.05, 0) is 11.6 Å². The van der Waals surface area contributed by atoms with Crippen molar-refractivity contribution in [2.24, 2.45) is 12.8 Å². The van der Waals surface area contributed by atoms with Gasteiger partial charge in [-0.25, -0.2) is 0 Å². The van der Waals surface area contributed by atoms with Gasteiger partial charge in [0.1, 0.15) is 5.69 Å². The molecule has 3 heteroatoms. The molecule has 0 aliphatic rings. The van der Waals surface area contributed by atoms with Crippen LogP contribution in [0.15, 0.2) is 30.8 Å². The Hall–Kier alpha value is -2.03. The molecule has 1 amide bonds. The summed E-state index contributed by atoms with van der Waals surface area (Å²) in [6.45, 7) is 3.75. The topological polar surface area (TPSA) is 48.0 Å². The van der Waals surface area contributed by atoms with Crippen molar-refractivity contribution in [3.63, 3.8) is 0 Å². The maximum Gasteiger partial charge on any atom is 0.265 e. The van der Waals surface area contributed by atoms with Crippen molar-refractivity contribution in [1.82, 2.24) is 4.57 Å². The summed E-state index contributed by atoms with van der Waals surface area (Å²) < 4.78 is 1.80. The lowest BCUT2D eigenvalue weighted by Gasteiger charge is -2.02. The van der Waals surface area contributed by atoms with Gasteiger partial charge in [-0.15, -0.1) is 0 Å². The Balaban J connectivity index is 2.88. The zero-order valence-electron chi connectivity index (χ0n) is 8.53.